The maximum Gasteiger partial charge on any atom is 0.246 e. The summed E-state index contributed by atoms with van der Waals surface area (Å²) < 4.78 is 5.21. The number of carbonyl (C=O) groups excluding carboxylic acids is 1. The van der Waals surface area contributed by atoms with Crippen LogP contribution in [0.3, 0.4) is 0 Å². The minimum atomic E-state index is -0.569. The molecule has 1 atom stereocenters. The minimum absolute atomic E-state index is 0.183. The van der Waals surface area contributed by atoms with Crippen molar-refractivity contribution in [2.75, 3.05) is 12.9 Å². The summed E-state index contributed by atoms with van der Waals surface area (Å²) in [6.07, 6.45) is 1.83. The van der Waals surface area contributed by atoms with Gasteiger partial charge in [-0.05, 0) is 13.2 Å². The zero-order valence-electron chi connectivity index (χ0n) is 8.35. The van der Waals surface area contributed by atoms with Gasteiger partial charge in [0, 0.05) is 0 Å². The Labute approximate surface area is 90.9 Å². The Morgan fingerprint density at radius 3 is 3.00 bits per heavy atom. The third-order valence-electron chi connectivity index (χ3n) is 1.95. The molecule has 0 saturated carbocycles. The molecule has 0 aromatic heterocycles. The van der Waals surface area contributed by atoms with Gasteiger partial charge in [-0.15, -0.1) is 10.2 Å². The summed E-state index contributed by atoms with van der Waals surface area (Å²) in [6.45, 7) is 2.29. The zero-order chi connectivity index (χ0) is 10.8. The Morgan fingerprint density at radius 1 is 1.53 bits per heavy atom. The molecule has 0 bridgehead atoms. The van der Waals surface area contributed by atoms with Crippen LogP contribution in [-0.2, 0) is 9.53 Å². The normalized spacial score (nSPS) is 23.7. The van der Waals surface area contributed by atoms with Crippen LogP contribution in [0.2, 0.25) is 0 Å². The van der Waals surface area contributed by atoms with E-state index in [-0.39, 0.29) is 5.91 Å². The van der Waals surface area contributed by atoms with Gasteiger partial charge in [-0.3, -0.25) is 4.79 Å². The molecule has 0 aliphatic carbocycles. The molecule has 2 rings (SSSR count). The van der Waals surface area contributed by atoms with E-state index in [2.05, 4.69) is 20.5 Å². The number of nitrogens with zero attached hydrogens (tertiary/aromatic N) is 3. The van der Waals surface area contributed by atoms with E-state index in [1.165, 1.54) is 11.8 Å². The highest BCUT2D eigenvalue weighted by molar-refractivity contribution is 8.13. The number of amides is 1. The highest BCUT2D eigenvalue weighted by Gasteiger charge is 2.39. The average Bonchev–Trinajstić information content (AvgIpc) is 2.62. The van der Waals surface area contributed by atoms with Gasteiger partial charge in [0.25, 0.3) is 0 Å². The van der Waals surface area contributed by atoms with E-state index < -0.39 is 5.92 Å². The van der Waals surface area contributed by atoms with E-state index in [9.17, 15) is 4.79 Å². The number of fused-ring (bicyclic) bond motifs is 1. The first kappa shape index (κ1) is 10.2. The molecule has 2 heterocycles. The molecule has 7 heteroatoms. The number of hydrogen-bond donors (Lipinski definition) is 1. The number of hydrogen-bond acceptors (Lipinski definition) is 6. The molecule has 2 aliphatic heterocycles. The summed E-state index contributed by atoms with van der Waals surface area (Å²) in [5, 5.41) is 10.8. The van der Waals surface area contributed by atoms with Crippen LogP contribution in [-0.4, -0.2) is 35.7 Å². The molecule has 1 N–H and O–H groups in total. The van der Waals surface area contributed by atoms with Gasteiger partial charge in [-0.1, -0.05) is 11.8 Å². The molecule has 0 radical (unpaired) electrons. The third kappa shape index (κ3) is 1.74. The van der Waals surface area contributed by atoms with Gasteiger partial charge in [0.05, 0.1) is 6.61 Å². The number of carbonyl (C=O) groups is 1. The van der Waals surface area contributed by atoms with E-state index in [1.807, 2.05) is 13.2 Å². The largest absolute Gasteiger partial charge is 0.479 e. The van der Waals surface area contributed by atoms with Crippen LogP contribution in [0.1, 0.15) is 6.92 Å². The first-order valence-corrected chi connectivity index (χ1v) is 5.70. The average molecular weight is 226 g/mol. The van der Waals surface area contributed by atoms with Crippen molar-refractivity contribution in [1.29, 1.82) is 0 Å². The second-order valence-electron chi connectivity index (χ2n) is 2.87. The van der Waals surface area contributed by atoms with Crippen molar-refractivity contribution in [2.45, 2.75) is 6.92 Å². The van der Waals surface area contributed by atoms with E-state index in [0.717, 1.165) is 0 Å². The lowest BCUT2D eigenvalue weighted by atomic mass is 10.1. The fourth-order valence-electron chi connectivity index (χ4n) is 1.31. The first-order chi connectivity index (χ1) is 7.26. The summed E-state index contributed by atoms with van der Waals surface area (Å²) in [6, 6.07) is 0. The molecule has 80 valence electrons. The molecule has 0 spiro atoms. The summed E-state index contributed by atoms with van der Waals surface area (Å²) in [5.41, 5.74) is 0. The highest BCUT2D eigenvalue weighted by Crippen LogP contribution is 2.18. The molecule has 0 aromatic carbocycles. The van der Waals surface area contributed by atoms with Crippen molar-refractivity contribution in [3.8, 4) is 0 Å². The lowest BCUT2D eigenvalue weighted by molar-refractivity contribution is -0.120. The van der Waals surface area contributed by atoms with Gasteiger partial charge in [-0.25, -0.2) is 4.99 Å². The van der Waals surface area contributed by atoms with Gasteiger partial charge in [-0.2, -0.15) is 0 Å². The number of amidine groups is 2. The number of ether oxygens (including phenoxy) is 1. The van der Waals surface area contributed by atoms with Gasteiger partial charge < -0.3 is 10.1 Å². The van der Waals surface area contributed by atoms with Gasteiger partial charge >= 0.3 is 0 Å². The highest BCUT2D eigenvalue weighted by atomic mass is 32.2. The summed E-state index contributed by atoms with van der Waals surface area (Å²) in [5.74, 6) is -0.0147. The van der Waals surface area contributed by atoms with Crippen molar-refractivity contribution in [3.05, 3.63) is 0 Å². The smallest absolute Gasteiger partial charge is 0.246 e. The number of thioether (sulfide) groups is 1. The predicted octanol–water partition coefficient (Wildman–Crippen LogP) is 0.214. The summed E-state index contributed by atoms with van der Waals surface area (Å²) in [4.78, 5) is 15.8. The van der Waals surface area contributed by atoms with Crippen LogP contribution >= 0.6 is 11.8 Å². The molecule has 0 fully saturated rings. The number of rotatable bonds is 1. The van der Waals surface area contributed by atoms with Crippen molar-refractivity contribution in [1.82, 2.24) is 5.32 Å². The van der Waals surface area contributed by atoms with Crippen LogP contribution in [0.5, 0.6) is 0 Å². The minimum Gasteiger partial charge on any atom is -0.479 e. The van der Waals surface area contributed by atoms with Crippen molar-refractivity contribution >= 4 is 34.6 Å². The van der Waals surface area contributed by atoms with Crippen LogP contribution in [0, 0.1) is 5.92 Å². The Kier molecular flexibility index (Phi) is 2.72. The lowest BCUT2D eigenvalue weighted by Gasteiger charge is -2.18. The molecule has 0 aromatic rings. The quantitative estimate of drug-likeness (QED) is 0.694. The first-order valence-electron chi connectivity index (χ1n) is 4.48. The molecule has 0 saturated heterocycles. The topological polar surface area (TPSA) is 75.4 Å². The molecular weight excluding hydrogens is 216 g/mol. The van der Waals surface area contributed by atoms with Gasteiger partial charge in [0.2, 0.25) is 11.8 Å². The second kappa shape index (κ2) is 4.01. The van der Waals surface area contributed by atoms with Gasteiger partial charge in [0.1, 0.15) is 0 Å². The summed E-state index contributed by atoms with van der Waals surface area (Å²) in [7, 11) is 0. The SMILES string of the molecule is CCOC1=NN=C2N=C(SC)NC(=O)C21. The fraction of sp³-hybridized carbons (Fsp3) is 0.500. The van der Waals surface area contributed by atoms with Crippen molar-refractivity contribution < 1.29 is 9.53 Å². The number of nitrogens with one attached hydrogen (secondary N) is 1. The molecular formula is C8H10N4O2S. The van der Waals surface area contributed by atoms with E-state index >= 15 is 0 Å². The maximum atomic E-state index is 11.7. The maximum absolute atomic E-state index is 11.7. The Hall–Kier alpha value is -1.37. The standard InChI is InChI=1S/C8H10N4O2S/c1-3-14-7-4-5(11-12-7)9-8(15-2)10-6(4)13/h4H,3H2,1-2H3,(H,9,10,11,13). The summed E-state index contributed by atoms with van der Waals surface area (Å²) >= 11 is 1.36. The zero-order valence-corrected chi connectivity index (χ0v) is 9.17. The van der Waals surface area contributed by atoms with Crippen LogP contribution in [0.25, 0.3) is 0 Å². The van der Waals surface area contributed by atoms with Crippen molar-refractivity contribution in [3.63, 3.8) is 0 Å². The second-order valence-corrected chi connectivity index (χ2v) is 3.67. The van der Waals surface area contributed by atoms with E-state index in [4.69, 9.17) is 4.74 Å². The van der Waals surface area contributed by atoms with E-state index in [1.54, 1.807) is 0 Å². The van der Waals surface area contributed by atoms with E-state index in [0.29, 0.717) is 23.5 Å². The molecule has 6 nitrogen and oxygen atoms in total. The van der Waals surface area contributed by atoms with Crippen LogP contribution in [0.4, 0.5) is 0 Å². The van der Waals surface area contributed by atoms with Crippen molar-refractivity contribution in [2.24, 2.45) is 21.1 Å². The lowest BCUT2D eigenvalue weighted by Crippen LogP contribution is -2.45. The fourth-order valence-corrected chi connectivity index (χ4v) is 1.70. The van der Waals surface area contributed by atoms with Crippen LogP contribution in [0.15, 0.2) is 15.2 Å². The number of aliphatic imine (C=N–C) groups is 1. The third-order valence-corrected chi connectivity index (χ3v) is 2.53. The monoisotopic (exact) mass is 226 g/mol. The Balaban J connectivity index is 2.23. The Bertz CT molecular complexity index is 388. The van der Waals surface area contributed by atoms with Gasteiger partial charge in [0.15, 0.2) is 16.9 Å². The molecule has 1 unspecified atom stereocenters. The van der Waals surface area contributed by atoms with Crippen LogP contribution < -0.4 is 5.32 Å². The Morgan fingerprint density at radius 2 is 2.33 bits per heavy atom. The predicted molar refractivity (Wildman–Crippen MR) is 59.1 cm³/mol. The molecule has 15 heavy (non-hydrogen) atoms. The molecule has 1 amide bonds. The molecule has 2 aliphatic rings.